The first kappa shape index (κ1) is 23.1. The number of hydrogen-bond donors (Lipinski definition) is 2. The van der Waals surface area contributed by atoms with Crippen LogP contribution < -0.4 is 11.2 Å². The molecule has 7 nitrogen and oxygen atoms in total. The minimum Gasteiger partial charge on any atom is -0.408 e. The third-order valence-electron chi connectivity index (χ3n) is 6.07. The SMILES string of the molecule is CCCCn1cc([C@@H]2O[C@H](CC)C(O)[C@@H]2O[Si](C)(C)C(C)(C)C)c(=O)[nH]c1=O. The molecular weight excluding hydrogens is 376 g/mol. The summed E-state index contributed by atoms with van der Waals surface area (Å²) < 4.78 is 14.1. The molecule has 1 saturated heterocycles. The summed E-state index contributed by atoms with van der Waals surface area (Å²) >= 11 is 0. The average Bonchev–Trinajstić information content (AvgIpc) is 2.89. The second-order valence-corrected chi connectivity index (χ2v) is 14.0. The lowest BCUT2D eigenvalue weighted by molar-refractivity contribution is 0.00534. The van der Waals surface area contributed by atoms with Gasteiger partial charge in [-0.05, 0) is 31.0 Å². The summed E-state index contributed by atoms with van der Waals surface area (Å²) in [4.78, 5) is 27.1. The zero-order valence-electron chi connectivity index (χ0n) is 18.2. The van der Waals surface area contributed by atoms with Crippen LogP contribution in [0.4, 0.5) is 0 Å². The average molecular weight is 413 g/mol. The fraction of sp³-hybridized carbons (Fsp3) is 0.800. The van der Waals surface area contributed by atoms with Gasteiger partial charge in [0, 0.05) is 12.7 Å². The lowest BCUT2D eigenvalue weighted by Gasteiger charge is -2.40. The zero-order chi connectivity index (χ0) is 21.3. The van der Waals surface area contributed by atoms with E-state index >= 15 is 0 Å². The lowest BCUT2D eigenvalue weighted by atomic mass is 10.0. The number of rotatable bonds is 7. The van der Waals surface area contributed by atoms with Crippen molar-refractivity contribution in [2.75, 3.05) is 0 Å². The van der Waals surface area contributed by atoms with Gasteiger partial charge in [-0.3, -0.25) is 9.78 Å². The van der Waals surface area contributed by atoms with Crippen molar-refractivity contribution < 1.29 is 14.3 Å². The fourth-order valence-corrected chi connectivity index (χ4v) is 4.49. The molecule has 0 saturated carbocycles. The third kappa shape index (κ3) is 4.67. The predicted molar refractivity (Wildman–Crippen MR) is 112 cm³/mol. The molecule has 0 bridgehead atoms. The van der Waals surface area contributed by atoms with E-state index in [4.69, 9.17) is 9.16 Å². The van der Waals surface area contributed by atoms with Crippen molar-refractivity contribution in [3.05, 3.63) is 32.6 Å². The van der Waals surface area contributed by atoms with Gasteiger partial charge in [-0.25, -0.2) is 4.79 Å². The molecule has 2 N–H and O–H groups in total. The quantitative estimate of drug-likeness (QED) is 0.672. The first-order chi connectivity index (χ1) is 12.9. The van der Waals surface area contributed by atoms with E-state index in [1.807, 2.05) is 13.8 Å². The molecule has 8 heteroatoms. The number of aliphatic hydroxyl groups is 1. The summed E-state index contributed by atoms with van der Waals surface area (Å²) in [5, 5.41) is 10.8. The van der Waals surface area contributed by atoms with Crippen molar-refractivity contribution >= 4 is 8.32 Å². The maximum atomic E-state index is 12.6. The summed E-state index contributed by atoms with van der Waals surface area (Å²) in [6.07, 6.45) is 1.40. The van der Waals surface area contributed by atoms with Gasteiger partial charge < -0.3 is 18.8 Å². The van der Waals surface area contributed by atoms with Crippen molar-refractivity contribution in [3.63, 3.8) is 0 Å². The Hall–Kier alpha value is -1.22. The normalized spacial score (nSPS) is 26.0. The van der Waals surface area contributed by atoms with Crippen LogP contribution >= 0.6 is 0 Å². The summed E-state index contributed by atoms with van der Waals surface area (Å²) in [6, 6.07) is 0. The highest BCUT2D eigenvalue weighted by atomic mass is 28.4. The Morgan fingerprint density at radius 3 is 2.46 bits per heavy atom. The predicted octanol–water partition coefficient (Wildman–Crippen LogP) is 2.94. The second kappa shape index (κ2) is 8.65. The van der Waals surface area contributed by atoms with Gasteiger partial charge in [0.15, 0.2) is 8.32 Å². The van der Waals surface area contributed by atoms with Crippen LogP contribution in [0.3, 0.4) is 0 Å². The Kier molecular flexibility index (Phi) is 7.12. The summed E-state index contributed by atoms with van der Waals surface area (Å²) in [7, 11) is -2.21. The van der Waals surface area contributed by atoms with Crippen LogP contribution in [0.15, 0.2) is 15.8 Å². The number of nitrogens with one attached hydrogen (secondary N) is 1. The molecule has 0 aliphatic carbocycles. The second-order valence-electron chi connectivity index (χ2n) is 9.23. The van der Waals surface area contributed by atoms with E-state index in [0.29, 0.717) is 18.5 Å². The molecular formula is C20H36N2O5Si. The number of aliphatic hydroxyl groups excluding tert-OH is 1. The van der Waals surface area contributed by atoms with Crippen molar-refractivity contribution in [3.8, 4) is 0 Å². The smallest absolute Gasteiger partial charge is 0.328 e. The van der Waals surface area contributed by atoms with E-state index in [0.717, 1.165) is 12.8 Å². The number of aryl methyl sites for hydroxylation is 1. The molecule has 1 aromatic rings. The van der Waals surface area contributed by atoms with Crippen molar-refractivity contribution in [2.45, 2.75) is 103 Å². The van der Waals surface area contributed by atoms with Crippen LogP contribution in [-0.4, -0.2) is 41.3 Å². The van der Waals surface area contributed by atoms with Gasteiger partial charge in [0.05, 0.1) is 11.7 Å². The molecule has 4 atom stereocenters. The molecule has 1 aliphatic rings. The van der Waals surface area contributed by atoms with Gasteiger partial charge >= 0.3 is 5.69 Å². The Morgan fingerprint density at radius 1 is 1.29 bits per heavy atom. The molecule has 0 spiro atoms. The minimum absolute atomic E-state index is 0.0477. The first-order valence-electron chi connectivity index (χ1n) is 10.3. The molecule has 0 aromatic carbocycles. The number of aromatic amines is 1. The van der Waals surface area contributed by atoms with Crippen LogP contribution in [0, 0.1) is 0 Å². The Balaban J connectivity index is 2.46. The molecule has 1 fully saturated rings. The highest BCUT2D eigenvalue weighted by Crippen LogP contribution is 2.43. The highest BCUT2D eigenvalue weighted by Gasteiger charge is 2.50. The zero-order valence-corrected chi connectivity index (χ0v) is 19.2. The standard InChI is InChI=1S/C20H36N2O5Si/c1-8-10-11-22-12-13(18(24)21-19(22)25)16-17(15(23)14(9-2)26-16)27-28(6,7)20(3,4)5/h12,14-17,23H,8-11H2,1-7H3,(H,21,24,25)/t14-,15?,16+,17+/m1/s1. The first-order valence-corrected chi connectivity index (χ1v) is 13.2. The summed E-state index contributed by atoms with van der Waals surface area (Å²) in [5.74, 6) is 0. The molecule has 1 aromatic heterocycles. The van der Waals surface area contributed by atoms with Gasteiger partial charge in [-0.1, -0.05) is 41.0 Å². The van der Waals surface area contributed by atoms with E-state index < -0.39 is 44.0 Å². The van der Waals surface area contributed by atoms with Crippen LogP contribution in [-0.2, 0) is 15.7 Å². The van der Waals surface area contributed by atoms with Crippen LogP contribution in [0.1, 0.15) is 65.5 Å². The molecule has 2 rings (SSSR count). The van der Waals surface area contributed by atoms with Crippen molar-refractivity contribution in [1.82, 2.24) is 9.55 Å². The van der Waals surface area contributed by atoms with Gasteiger partial charge in [-0.2, -0.15) is 0 Å². The van der Waals surface area contributed by atoms with E-state index in [1.54, 1.807) is 6.20 Å². The minimum atomic E-state index is -2.21. The van der Waals surface area contributed by atoms with Crippen molar-refractivity contribution in [2.24, 2.45) is 0 Å². The monoisotopic (exact) mass is 412 g/mol. The van der Waals surface area contributed by atoms with Gasteiger partial charge in [0.1, 0.15) is 18.3 Å². The number of aromatic nitrogens is 2. The molecule has 1 unspecified atom stereocenters. The maximum absolute atomic E-state index is 12.6. The summed E-state index contributed by atoms with van der Waals surface area (Å²) in [5.41, 5.74) is -0.556. The largest absolute Gasteiger partial charge is 0.408 e. The van der Waals surface area contributed by atoms with Gasteiger partial charge in [-0.15, -0.1) is 0 Å². The molecule has 1 aliphatic heterocycles. The number of unbranched alkanes of at least 4 members (excludes halogenated alkanes) is 1. The Bertz CT molecular complexity index is 780. The molecule has 28 heavy (non-hydrogen) atoms. The highest BCUT2D eigenvalue weighted by molar-refractivity contribution is 6.74. The van der Waals surface area contributed by atoms with Gasteiger partial charge in [0.2, 0.25) is 0 Å². The number of H-pyrrole nitrogens is 1. The fourth-order valence-electron chi connectivity index (χ4n) is 3.20. The van der Waals surface area contributed by atoms with E-state index in [9.17, 15) is 14.7 Å². The summed E-state index contributed by atoms with van der Waals surface area (Å²) in [6.45, 7) is 15.1. The van der Waals surface area contributed by atoms with Crippen LogP contribution in [0.5, 0.6) is 0 Å². The van der Waals surface area contributed by atoms with E-state index in [1.165, 1.54) is 4.57 Å². The molecule has 160 valence electrons. The third-order valence-corrected chi connectivity index (χ3v) is 10.5. The Labute approximate surface area is 168 Å². The lowest BCUT2D eigenvalue weighted by Crippen LogP contribution is -2.48. The van der Waals surface area contributed by atoms with Gasteiger partial charge in [0.25, 0.3) is 5.56 Å². The van der Waals surface area contributed by atoms with E-state index in [2.05, 4.69) is 38.8 Å². The molecule has 2 heterocycles. The maximum Gasteiger partial charge on any atom is 0.328 e. The number of ether oxygens (including phenoxy) is 1. The topological polar surface area (TPSA) is 93.6 Å². The van der Waals surface area contributed by atoms with Crippen LogP contribution in [0.25, 0.3) is 0 Å². The molecule has 0 radical (unpaired) electrons. The molecule has 0 amide bonds. The Morgan fingerprint density at radius 2 is 1.93 bits per heavy atom. The van der Waals surface area contributed by atoms with Crippen molar-refractivity contribution in [1.29, 1.82) is 0 Å². The van der Waals surface area contributed by atoms with E-state index in [-0.39, 0.29) is 5.04 Å². The number of nitrogens with zero attached hydrogens (tertiary/aromatic N) is 1. The number of hydrogen-bond acceptors (Lipinski definition) is 5. The van der Waals surface area contributed by atoms with Crippen LogP contribution in [0.2, 0.25) is 18.1 Å².